The van der Waals surface area contributed by atoms with E-state index >= 15 is 0 Å². The summed E-state index contributed by atoms with van der Waals surface area (Å²) in [7, 11) is 0. The summed E-state index contributed by atoms with van der Waals surface area (Å²) in [5.74, 6) is -0.814. The highest BCUT2D eigenvalue weighted by Crippen LogP contribution is 2.30. The maximum absolute atomic E-state index is 12.4. The van der Waals surface area contributed by atoms with E-state index < -0.39 is 11.7 Å². The Bertz CT molecular complexity index is 813. The summed E-state index contributed by atoms with van der Waals surface area (Å²) in [6.45, 7) is 5.87. The lowest BCUT2D eigenvalue weighted by Crippen LogP contribution is -2.51. The van der Waals surface area contributed by atoms with E-state index in [-0.39, 0.29) is 0 Å². The molecule has 2 aliphatic heterocycles. The van der Waals surface area contributed by atoms with Gasteiger partial charge in [-0.05, 0) is 31.2 Å². The number of carbonyl (C=O) groups excluding carboxylic acids is 2. The number of pyridine rings is 1. The standard InChI is InChI=1S/C19H20N4O2/c1-14-2-3-17-16(12-14)18(24)19(25)23(17)13-21-8-10-22(11-9-21)15-4-6-20-7-5-15/h2-7,12H,8-11,13H2,1H3. The van der Waals surface area contributed by atoms with Crippen LogP contribution in [0.4, 0.5) is 11.4 Å². The van der Waals surface area contributed by atoms with Gasteiger partial charge in [-0.2, -0.15) is 0 Å². The van der Waals surface area contributed by atoms with Crippen LogP contribution in [0.15, 0.2) is 42.7 Å². The van der Waals surface area contributed by atoms with Crippen molar-refractivity contribution in [2.75, 3.05) is 42.6 Å². The van der Waals surface area contributed by atoms with Crippen molar-refractivity contribution in [2.24, 2.45) is 0 Å². The van der Waals surface area contributed by atoms with E-state index in [0.29, 0.717) is 12.2 Å². The van der Waals surface area contributed by atoms with E-state index in [1.165, 1.54) is 5.69 Å². The first kappa shape index (κ1) is 15.8. The van der Waals surface area contributed by atoms with Gasteiger partial charge in [0, 0.05) is 44.3 Å². The molecule has 1 aromatic heterocycles. The molecule has 0 saturated carbocycles. The predicted molar refractivity (Wildman–Crippen MR) is 95.9 cm³/mol. The molecule has 0 radical (unpaired) electrons. The van der Waals surface area contributed by atoms with Crippen molar-refractivity contribution < 1.29 is 9.59 Å². The molecule has 128 valence electrons. The molecule has 0 N–H and O–H groups in total. The number of benzene rings is 1. The molecular weight excluding hydrogens is 316 g/mol. The van der Waals surface area contributed by atoms with Gasteiger partial charge in [0.1, 0.15) is 0 Å². The molecule has 3 heterocycles. The molecule has 2 aromatic rings. The fraction of sp³-hybridized carbons (Fsp3) is 0.316. The van der Waals surface area contributed by atoms with Crippen molar-refractivity contribution in [1.29, 1.82) is 0 Å². The van der Waals surface area contributed by atoms with Gasteiger partial charge < -0.3 is 4.90 Å². The van der Waals surface area contributed by atoms with Crippen LogP contribution < -0.4 is 9.80 Å². The first-order chi connectivity index (χ1) is 12.1. The Morgan fingerprint density at radius 3 is 2.44 bits per heavy atom. The summed E-state index contributed by atoms with van der Waals surface area (Å²) in [5.41, 5.74) is 3.42. The van der Waals surface area contributed by atoms with Crippen LogP contribution in [0.5, 0.6) is 0 Å². The summed E-state index contributed by atoms with van der Waals surface area (Å²) in [6, 6.07) is 9.64. The lowest BCUT2D eigenvalue weighted by molar-refractivity contribution is -0.114. The van der Waals surface area contributed by atoms with E-state index in [4.69, 9.17) is 0 Å². The first-order valence-corrected chi connectivity index (χ1v) is 8.47. The van der Waals surface area contributed by atoms with Gasteiger partial charge in [-0.25, -0.2) is 0 Å². The maximum atomic E-state index is 12.4. The largest absolute Gasteiger partial charge is 0.369 e. The van der Waals surface area contributed by atoms with Gasteiger partial charge in [-0.1, -0.05) is 11.6 Å². The third kappa shape index (κ3) is 2.89. The van der Waals surface area contributed by atoms with Gasteiger partial charge in [0.05, 0.1) is 17.9 Å². The second kappa shape index (κ2) is 6.29. The molecule has 1 saturated heterocycles. The molecule has 6 heteroatoms. The Morgan fingerprint density at radius 2 is 1.72 bits per heavy atom. The van der Waals surface area contributed by atoms with E-state index in [2.05, 4.69) is 14.8 Å². The van der Waals surface area contributed by atoms with Crippen molar-refractivity contribution in [2.45, 2.75) is 6.92 Å². The monoisotopic (exact) mass is 336 g/mol. The van der Waals surface area contributed by atoms with Crippen LogP contribution in [0, 0.1) is 6.92 Å². The van der Waals surface area contributed by atoms with Gasteiger partial charge >= 0.3 is 5.91 Å². The quantitative estimate of drug-likeness (QED) is 0.799. The van der Waals surface area contributed by atoms with Crippen LogP contribution in [0.2, 0.25) is 0 Å². The van der Waals surface area contributed by atoms with Crippen molar-refractivity contribution >= 4 is 23.1 Å². The van der Waals surface area contributed by atoms with Crippen molar-refractivity contribution in [3.05, 3.63) is 53.9 Å². The molecular formula is C19H20N4O2. The minimum absolute atomic E-state index is 0.394. The Morgan fingerprint density at radius 1 is 1.00 bits per heavy atom. The summed E-state index contributed by atoms with van der Waals surface area (Å²) in [5, 5.41) is 0. The van der Waals surface area contributed by atoms with Gasteiger partial charge in [-0.15, -0.1) is 0 Å². The molecule has 0 atom stereocenters. The number of hydrogen-bond acceptors (Lipinski definition) is 5. The van der Waals surface area contributed by atoms with Crippen molar-refractivity contribution in [3.63, 3.8) is 0 Å². The number of fused-ring (bicyclic) bond motifs is 1. The second-order valence-corrected chi connectivity index (χ2v) is 6.53. The van der Waals surface area contributed by atoms with Crippen molar-refractivity contribution in [3.8, 4) is 0 Å². The summed E-state index contributed by atoms with van der Waals surface area (Å²) < 4.78 is 0. The van der Waals surface area contributed by atoms with E-state index in [1.54, 1.807) is 23.4 Å². The fourth-order valence-electron chi connectivity index (χ4n) is 3.46. The Hall–Kier alpha value is -2.73. The minimum Gasteiger partial charge on any atom is -0.369 e. The SMILES string of the molecule is Cc1ccc2c(c1)C(=O)C(=O)N2CN1CCN(c2ccncc2)CC1. The Labute approximate surface area is 146 Å². The number of anilines is 2. The van der Waals surface area contributed by atoms with Crippen LogP contribution in [0.1, 0.15) is 15.9 Å². The molecule has 1 fully saturated rings. The average molecular weight is 336 g/mol. The molecule has 1 amide bonds. The highest BCUT2D eigenvalue weighted by atomic mass is 16.2. The molecule has 1 aromatic carbocycles. The van der Waals surface area contributed by atoms with E-state index in [9.17, 15) is 9.59 Å². The third-order valence-corrected chi connectivity index (χ3v) is 4.87. The Balaban J connectivity index is 1.44. The maximum Gasteiger partial charge on any atom is 0.300 e. The molecule has 6 nitrogen and oxygen atoms in total. The average Bonchev–Trinajstić information content (AvgIpc) is 2.88. The smallest absolute Gasteiger partial charge is 0.300 e. The summed E-state index contributed by atoms with van der Waals surface area (Å²) in [4.78, 5) is 34.8. The zero-order valence-corrected chi connectivity index (χ0v) is 14.2. The Kier molecular flexibility index (Phi) is 3.97. The molecule has 2 aliphatic rings. The van der Waals surface area contributed by atoms with Gasteiger partial charge in [0.15, 0.2) is 0 Å². The number of ketones is 1. The van der Waals surface area contributed by atoms with E-state index in [0.717, 1.165) is 37.4 Å². The van der Waals surface area contributed by atoms with Crippen LogP contribution in [0.25, 0.3) is 0 Å². The van der Waals surface area contributed by atoms with Gasteiger partial charge in [0.25, 0.3) is 5.78 Å². The number of piperazine rings is 1. The van der Waals surface area contributed by atoms with Crippen LogP contribution >= 0.6 is 0 Å². The number of amides is 1. The molecule has 4 rings (SSSR count). The van der Waals surface area contributed by atoms with Crippen LogP contribution in [-0.4, -0.2) is 54.4 Å². The highest BCUT2D eigenvalue weighted by molar-refractivity contribution is 6.52. The lowest BCUT2D eigenvalue weighted by atomic mass is 10.1. The van der Waals surface area contributed by atoms with Crippen LogP contribution in [0.3, 0.4) is 0 Å². The molecule has 0 bridgehead atoms. The number of rotatable bonds is 3. The number of nitrogens with zero attached hydrogens (tertiary/aromatic N) is 4. The number of hydrogen-bond donors (Lipinski definition) is 0. The molecule has 0 spiro atoms. The molecule has 25 heavy (non-hydrogen) atoms. The zero-order valence-electron chi connectivity index (χ0n) is 14.2. The fourth-order valence-corrected chi connectivity index (χ4v) is 3.46. The number of Topliss-reactive ketones (excluding diaryl/α,β-unsaturated/α-hetero) is 1. The molecule has 0 unspecified atom stereocenters. The summed E-state index contributed by atoms with van der Waals surface area (Å²) in [6.07, 6.45) is 3.60. The first-order valence-electron chi connectivity index (χ1n) is 8.47. The third-order valence-electron chi connectivity index (χ3n) is 4.87. The number of aromatic nitrogens is 1. The lowest BCUT2D eigenvalue weighted by Gasteiger charge is -2.37. The predicted octanol–water partition coefficient (Wildman–Crippen LogP) is 1.70. The minimum atomic E-state index is -0.419. The second-order valence-electron chi connectivity index (χ2n) is 6.53. The highest BCUT2D eigenvalue weighted by Gasteiger charge is 2.36. The van der Waals surface area contributed by atoms with Gasteiger partial charge in [0.2, 0.25) is 0 Å². The van der Waals surface area contributed by atoms with Crippen molar-refractivity contribution in [1.82, 2.24) is 9.88 Å². The van der Waals surface area contributed by atoms with Crippen LogP contribution in [-0.2, 0) is 4.79 Å². The zero-order chi connectivity index (χ0) is 17.4. The van der Waals surface area contributed by atoms with Gasteiger partial charge in [-0.3, -0.25) is 24.4 Å². The number of carbonyl (C=O) groups is 2. The number of aryl methyl sites for hydroxylation is 1. The topological polar surface area (TPSA) is 56.8 Å². The van der Waals surface area contributed by atoms with E-state index in [1.807, 2.05) is 31.2 Å². The normalized spacial score (nSPS) is 18.0. The summed E-state index contributed by atoms with van der Waals surface area (Å²) >= 11 is 0. The molecule has 0 aliphatic carbocycles.